The van der Waals surface area contributed by atoms with Crippen molar-refractivity contribution in [2.45, 2.75) is 37.9 Å². The second-order valence-corrected chi connectivity index (χ2v) is 7.56. The second kappa shape index (κ2) is 7.30. The Morgan fingerprint density at radius 2 is 2.03 bits per heavy atom. The van der Waals surface area contributed by atoms with Gasteiger partial charge in [-0.3, -0.25) is 4.79 Å². The van der Waals surface area contributed by atoms with Crippen molar-refractivity contribution in [2.75, 3.05) is 28.1 Å². The van der Waals surface area contributed by atoms with Crippen molar-refractivity contribution in [3.63, 3.8) is 0 Å². The summed E-state index contributed by atoms with van der Waals surface area (Å²) < 4.78 is 34.0. The lowest BCUT2D eigenvalue weighted by Gasteiger charge is -2.39. The minimum absolute atomic E-state index is 0.0881. The number of carbonyl (C=O) groups excluding carboxylic acids is 1. The first-order valence-electron chi connectivity index (χ1n) is 9.61. The van der Waals surface area contributed by atoms with Gasteiger partial charge in [0.1, 0.15) is 18.0 Å². The van der Waals surface area contributed by atoms with E-state index in [1.54, 1.807) is 14.2 Å². The Morgan fingerprint density at radius 1 is 1.24 bits per heavy atom. The van der Waals surface area contributed by atoms with Crippen molar-refractivity contribution in [3.8, 4) is 17.2 Å². The molecule has 4 atom stereocenters. The summed E-state index contributed by atoms with van der Waals surface area (Å²) in [4.78, 5) is 12.8. The maximum atomic E-state index is 12.8. The van der Waals surface area contributed by atoms with Gasteiger partial charge < -0.3 is 28.4 Å². The average Bonchev–Trinajstić information content (AvgIpc) is 3.29. The van der Waals surface area contributed by atoms with Gasteiger partial charge in [0.2, 0.25) is 24.1 Å². The van der Waals surface area contributed by atoms with Crippen LogP contribution in [-0.2, 0) is 19.0 Å². The highest BCUT2D eigenvalue weighted by Gasteiger charge is 2.59. The molecule has 4 rings (SSSR count). The lowest BCUT2D eigenvalue weighted by molar-refractivity contribution is -0.132. The van der Waals surface area contributed by atoms with E-state index in [1.165, 1.54) is 7.11 Å². The summed E-state index contributed by atoms with van der Waals surface area (Å²) in [5.41, 5.74) is 0.454. The molecule has 0 bridgehead atoms. The molecule has 3 aliphatic rings. The lowest BCUT2D eigenvalue weighted by Crippen LogP contribution is -2.42. The van der Waals surface area contributed by atoms with Crippen LogP contribution in [0.4, 0.5) is 0 Å². The molecule has 0 radical (unpaired) electrons. The Bertz CT molecular complexity index is 874. The minimum atomic E-state index is -0.610. The molecule has 0 aromatic heterocycles. The Kier molecular flexibility index (Phi) is 4.94. The molecule has 2 heterocycles. The van der Waals surface area contributed by atoms with Crippen molar-refractivity contribution in [3.05, 3.63) is 41.9 Å². The molecule has 0 amide bonds. The second-order valence-electron chi connectivity index (χ2n) is 7.56. The Balaban J connectivity index is 1.91. The van der Waals surface area contributed by atoms with Gasteiger partial charge in [-0.05, 0) is 37.5 Å². The molecule has 0 unspecified atom stereocenters. The van der Waals surface area contributed by atoms with E-state index in [2.05, 4.69) is 6.58 Å². The third-order valence-electron chi connectivity index (χ3n) is 6.13. The first-order chi connectivity index (χ1) is 14.0. The summed E-state index contributed by atoms with van der Waals surface area (Å²) >= 11 is 0. The number of hydrogen-bond donors (Lipinski definition) is 0. The third kappa shape index (κ3) is 2.79. The van der Waals surface area contributed by atoms with Gasteiger partial charge in [0.15, 0.2) is 11.5 Å². The van der Waals surface area contributed by atoms with Gasteiger partial charge in [-0.2, -0.15) is 0 Å². The molecule has 1 fully saturated rings. The van der Waals surface area contributed by atoms with Crippen molar-refractivity contribution >= 4 is 5.78 Å². The van der Waals surface area contributed by atoms with Crippen LogP contribution in [0.5, 0.6) is 17.2 Å². The fourth-order valence-electron chi connectivity index (χ4n) is 5.01. The molecular weight excluding hydrogens is 376 g/mol. The van der Waals surface area contributed by atoms with Crippen LogP contribution in [0.2, 0.25) is 0 Å². The normalized spacial score (nSPS) is 30.1. The van der Waals surface area contributed by atoms with Crippen LogP contribution >= 0.6 is 0 Å². The quantitative estimate of drug-likeness (QED) is 0.676. The highest BCUT2D eigenvalue weighted by Crippen LogP contribution is 2.61. The van der Waals surface area contributed by atoms with Gasteiger partial charge in [-0.25, -0.2) is 0 Å². The van der Waals surface area contributed by atoms with E-state index in [9.17, 15) is 4.79 Å². The first-order valence-corrected chi connectivity index (χ1v) is 9.61. The predicted octanol–water partition coefficient (Wildman–Crippen LogP) is 3.33. The molecule has 1 aliphatic carbocycles. The van der Waals surface area contributed by atoms with Crippen molar-refractivity contribution < 1.29 is 33.2 Å². The molecule has 0 spiro atoms. The van der Waals surface area contributed by atoms with Crippen LogP contribution in [0.1, 0.15) is 31.2 Å². The zero-order chi connectivity index (χ0) is 20.8. The zero-order valence-electron chi connectivity index (χ0n) is 17.2. The van der Waals surface area contributed by atoms with Crippen LogP contribution in [-0.4, -0.2) is 46.1 Å². The maximum absolute atomic E-state index is 12.8. The van der Waals surface area contributed by atoms with Gasteiger partial charge in [-0.15, -0.1) is 6.58 Å². The Labute approximate surface area is 170 Å². The average molecular weight is 402 g/mol. The number of ether oxygens (including phenoxy) is 6. The molecule has 156 valence electrons. The topological polar surface area (TPSA) is 72.5 Å². The summed E-state index contributed by atoms with van der Waals surface area (Å²) in [6.07, 6.45) is 2.12. The van der Waals surface area contributed by atoms with Crippen LogP contribution < -0.4 is 14.2 Å². The van der Waals surface area contributed by atoms with Crippen LogP contribution in [0.15, 0.2) is 36.3 Å². The molecule has 0 saturated carbocycles. The molecule has 7 heteroatoms. The highest BCUT2D eigenvalue weighted by atomic mass is 16.7. The van der Waals surface area contributed by atoms with E-state index in [0.29, 0.717) is 35.8 Å². The van der Waals surface area contributed by atoms with E-state index in [1.807, 2.05) is 25.1 Å². The van der Waals surface area contributed by atoms with E-state index >= 15 is 0 Å². The number of Topliss-reactive ketones (excluding diaryl/α,β-unsaturated/α-hetero) is 1. The van der Waals surface area contributed by atoms with Crippen molar-refractivity contribution in [1.29, 1.82) is 0 Å². The van der Waals surface area contributed by atoms with E-state index in [0.717, 1.165) is 5.56 Å². The smallest absolute Gasteiger partial charge is 0.231 e. The molecule has 1 aromatic rings. The number of carbonyl (C=O) groups is 1. The van der Waals surface area contributed by atoms with Gasteiger partial charge in [0.25, 0.3) is 0 Å². The third-order valence-corrected chi connectivity index (χ3v) is 6.13. The van der Waals surface area contributed by atoms with E-state index in [4.69, 9.17) is 28.4 Å². The Hall–Kier alpha value is -2.67. The van der Waals surface area contributed by atoms with Crippen molar-refractivity contribution in [1.82, 2.24) is 0 Å². The van der Waals surface area contributed by atoms with Gasteiger partial charge in [0.05, 0.1) is 14.2 Å². The minimum Gasteiger partial charge on any atom is -0.493 e. The SMILES string of the molecule is C=CC[C@]12C[C@@H](OC)C(=O)C(OC)=C1O[C@@H](C)[C@@H]2c1cc(OC)c2c(c1)OCO2. The van der Waals surface area contributed by atoms with Gasteiger partial charge >= 0.3 is 0 Å². The fraction of sp³-hybridized carbons (Fsp3) is 0.500. The standard InChI is InChI=1S/C22H26O7/c1-6-7-22-10-16(25-4)18(23)20(26-5)21(22)29-12(2)17(22)13-8-14(24-3)19-15(9-13)27-11-28-19/h6,8-9,12,16-17H,1,7,10-11H2,2-5H3/t12-,16+,17+,22+/m0/s1. The summed E-state index contributed by atoms with van der Waals surface area (Å²) in [7, 11) is 4.63. The van der Waals surface area contributed by atoms with Gasteiger partial charge in [-0.1, -0.05) is 6.08 Å². The van der Waals surface area contributed by atoms with Crippen LogP contribution in [0, 0.1) is 5.41 Å². The number of rotatable bonds is 6. The summed E-state index contributed by atoms with van der Waals surface area (Å²) in [6.45, 7) is 6.11. The zero-order valence-corrected chi connectivity index (χ0v) is 17.2. The van der Waals surface area contributed by atoms with Crippen molar-refractivity contribution in [2.24, 2.45) is 5.41 Å². The van der Waals surface area contributed by atoms with E-state index < -0.39 is 11.5 Å². The predicted molar refractivity (Wildman–Crippen MR) is 104 cm³/mol. The maximum Gasteiger partial charge on any atom is 0.231 e. The molecule has 1 aromatic carbocycles. The monoisotopic (exact) mass is 402 g/mol. The summed E-state index contributed by atoms with van der Waals surface area (Å²) in [5.74, 6) is 2.37. The molecule has 1 saturated heterocycles. The molecular formula is C22H26O7. The van der Waals surface area contributed by atoms with Gasteiger partial charge in [0, 0.05) is 18.4 Å². The molecule has 0 N–H and O–H groups in total. The number of ketones is 1. The van der Waals surface area contributed by atoms with E-state index in [-0.39, 0.29) is 30.4 Å². The largest absolute Gasteiger partial charge is 0.493 e. The Morgan fingerprint density at radius 3 is 2.69 bits per heavy atom. The molecule has 7 nitrogen and oxygen atoms in total. The molecule has 29 heavy (non-hydrogen) atoms. The van der Waals surface area contributed by atoms with Crippen LogP contribution in [0.3, 0.4) is 0 Å². The summed E-state index contributed by atoms with van der Waals surface area (Å²) in [5, 5.41) is 0. The number of hydrogen-bond acceptors (Lipinski definition) is 7. The molecule has 2 aliphatic heterocycles. The number of benzene rings is 1. The number of methoxy groups -OCH3 is 3. The number of allylic oxidation sites excluding steroid dienone is 2. The van der Waals surface area contributed by atoms with Crippen LogP contribution in [0.25, 0.3) is 0 Å². The number of fused-ring (bicyclic) bond motifs is 2. The highest BCUT2D eigenvalue weighted by molar-refractivity contribution is 5.99. The first kappa shape index (κ1) is 19.6. The summed E-state index contributed by atoms with van der Waals surface area (Å²) in [6, 6.07) is 3.92. The lowest BCUT2D eigenvalue weighted by atomic mass is 9.63. The fourth-order valence-corrected chi connectivity index (χ4v) is 5.01.